The predicted molar refractivity (Wildman–Crippen MR) is 85.7 cm³/mol. The van der Waals surface area contributed by atoms with Gasteiger partial charge in [-0.2, -0.15) is 0 Å². The minimum atomic E-state index is 0.618. The van der Waals surface area contributed by atoms with Crippen LogP contribution in [0.15, 0.2) is 0 Å². The summed E-state index contributed by atoms with van der Waals surface area (Å²) in [5, 5.41) is 0.618. The Morgan fingerprint density at radius 1 is 1.15 bits per heavy atom. The van der Waals surface area contributed by atoms with E-state index in [0.29, 0.717) is 11.2 Å². The van der Waals surface area contributed by atoms with Gasteiger partial charge in [-0.1, -0.05) is 37.8 Å². The third-order valence-electron chi connectivity index (χ3n) is 4.21. The van der Waals surface area contributed by atoms with E-state index < -0.39 is 0 Å². The van der Waals surface area contributed by atoms with Crippen LogP contribution in [-0.4, -0.2) is 22.6 Å². The first-order chi connectivity index (χ1) is 9.67. The Bertz CT molecular complexity index is 442. The normalized spacial score (nSPS) is 16.4. The van der Waals surface area contributed by atoms with Gasteiger partial charge in [-0.3, -0.25) is 0 Å². The van der Waals surface area contributed by atoms with E-state index in [-0.39, 0.29) is 0 Å². The first-order valence-corrected chi connectivity index (χ1v) is 8.34. The highest BCUT2D eigenvalue weighted by molar-refractivity contribution is 6.30. The first kappa shape index (κ1) is 15.6. The van der Waals surface area contributed by atoms with Gasteiger partial charge in [-0.25, -0.2) is 9.97 Å². The lowest BCUT2D eigenvalue weighted by atomic mass is 9.94. The number of halogens is 1. The number of aromatic nitrogens is 2. The highest BCUT2D eigenvalue weighted by atomic mass is 35.5. The second-order valence-electron chi connectivity index (χ2n) is 5.71. The number of aryl methyl sites for hydroxylation is 1. The van der Waals surface area contributed by atoms with Crippen molar-refractivity contribution in [3.8, 4) is 0 Å². The molecule has 0 aromatic carbocycles. The summed E-state index contributed by atoms with van der Waals surface area (Å²) in [6.45, 7) is 7.39. The molecule has 0 N–H and O–H groups in total. The van der Waals surface area contributed by atoms with Crippen molar-refractivity contribution in [3.63, 3.8) is 0 Å². The maximum absolute atomic E-state index is 6.32. The van der Waals surface area contributed by atoms with Crippen LogP contribution in [0.3, 0.4) is 0 Å². The SMILES string of the molecule is CCCc1nc(Cl)c(C)c(N(CC)C2CCCCC2)n1. The molecular formula is C16H26ClN3. The first-order valence-electron chi connectivity index (χ1n) is 7.97. The quantitative estimate of drug-likeness (QED) is 0.746. The Hall–Kier alpha value is -0.830. The van der Waals surface area contributed by atoms with E-state index in [9.17, 15) is 0 Å². The van der Waals surface area contributed by atoms with E-state index in [0.717, 1.165) is 36.6 Å². The average molecular weight is 296 g/mol. The standard InChI is InChI=1S/C16H26ClN3/c1-4-9-14-18-15(17)12(3)16(19-14)20(5-2)13-10-7-6-8-11-13/h13H,4-11H2,1-3H3. The predicted octanol–water partition coefficient (Wildman–Crippen LogP) is 4.55. The average Bonchev–Trinajstić information content (AvgIpc) is 2.46. The van der Waals surface area contributed by atoms with Gasteiger partial charge < -0.3 is 4.90 Å². The second-order valence-corrected chi connectivity index (χ2v) is 6.07. The molecular weight excluding hydrogens is 270 g/mol. The monoisotopic (exact) mass is 295 g/mol. The number of hydrogen-bond acceptors (Lipinski definition) is 3. The van der Waals surface area contributed by atoms with Crippen molar-refractivity contribution in [1.29, 1.82) is 0 Å². The Morgan fingerprint density at radius 2 is 1.85 bits per heavy atom. The second kappa shape index (κ2) is 7.26. The molecule has 1 saturated carbocycles. The molecule has 112 valence electrons. The van der Waals surface area contributed by atoms with Crippen LogP contribution in [0.1, 0.15) is 63.8 Å². The van der Waals surface area contributed by atoms with Crippen molar-refractivity contribution in [3.05, 3.63) is 16.5 Å². The van der Waals surface area contributed by atoms with Crippen LogP contribution in [0.4, 0.5) is 5.82 Å². The van der Waals surface area contributed by atoms with Crippen LogP contribution in [0, 0.1) is 6.92 Å². The van der Waals surface area contributed by atoms with Gasteiger partial charge in [0.05, 0.1) is 0 Å². The van der Waals surface area contributed by atoms with Gasteiger partial charge in [-0.15, -0.1) is 0 Å². The molecule has 0 atom stereocenters. The molecule has 2 rings (SSSR count). The molecule has 1 aliphatic carbocycles. The number of anilines is 1. The molecule has 0 radical (unpaired) electrons. The summed E-state index contributed by atoms with van der Waals surface area (Å²) < 4.78 is 0. The summed E-state index contributed by atoms with van der Waals surface area (Å²) in [7, 11) is 0. The Morgan fingerprint density at radius 3 is 2.45 bits per heavy atom. The molecule has 20 heavy (non-hydrogen) atoms. The Labute approximate surface area is 127 Å². The van der Waals surface area contributed by atoms with Crippen molar-refractivity contribution >= 4 is 17.4 Å². The Balaban J connectivity index is 2.31. The minimum Gasteiger partial charge on any atom is -0.354 e. The molecule has 0 bridgehead atoms. The molecule has 1 aromatic rings. The van der Waals surface area contributed by atoms with Gasteiger partial charge in [0, 0.05) is 24.6 Å². The molecule has 0 unspecified atom stereocenters. The molecule has 0 saturated heterocycles. The molecule has 0 amide bonds. The summed E-state index contributed by atoms with van der Waals surface area (Å²) in [4.78, 5) is 11.7. The maximum Gasteiger partial charge on any atom is 0.137 e. The van der Waals surface area contributed by atoms with Gasteiger partial charge in [0.1, 0.15) is 16.8 Å². The van der Waals surface area contributed by atoms with Gasteiger partial charge in [0.25, 0.3) is 0 Å². The van der Waals surface area contributed by atoms with Crippen LogP contribution in [0.5, 0.6) is 0 Å². The van der Waals surface area contributed by atoms with Crippen molar-refractivity contribution in [1.82, 2.24) is 9.97 Å². The minimum absolute atomic E-state index is 0.618. The van der Waals surface area contributed by atoms with Gasteiger partial charge in [0.15, 0.2) is 0 Å². The highest BCUT2D eigenvalue weighted by Gasteiger charge is 2.23. The Kier molecular flexibility index (Phi) is 5.64. The third-order valence-corrected chi connectivity index (χ3v) is 4.58. The topological polar surface area (TPSA) is 29.0 Å². The number of rotatable bonds is 5. The van der Waals surface area contributed by atoms with Crippen LogP contribution >= 0.6 is 11.6 Å². The van der Waals surface area contributed by atoms with Crippen molar-refractivity contribution in [2.24, 2.45) is 0 Å². The van der Waals surface area contributed by atoms with E-state index in [4.69, 9.17) is 16.6 Å². The summed E-state index contributed by atoms with van der Waals surface area (Å²) in [5.74, 6) is 1.94. The third kappa shape index (κ3) is 3.43. The van der Waals surface area contributed by atoms with Crippen molar-refractivity contribution in [2.45, 2.75) is 71.8 Å². The number of nitrogens with zero attached hydrogens (tertiary/aromatic N) is 3. The molecule has 1 aromatic heterocycles. The van der Waals surface area contributed by atoms with E-state index in [1.807, 2.05) is 6.92 Å². The zero-order valence-electron chi connectivity index (χ0n) is 13.0. The molecule has 0 aliphatic heterocycles. The van der Waals surface area contributed by atoms with Crippen molar-refractivity contribution < 1.29 is 0 Å². The molecule has 1 aliphatic rings. The van der Waals surface area contributed by atoms with E-state index in [2.05, 4.69) is 23.7 Å². The van der Waals surface area contributed by atoms with E-state index in [1.54, 1.807) is 0 Å². The summed E-state index contributed by atoms with van der Waals surface area (Å²) >= 11 is 6.32. The zero-order valence-corrected chi connectivity index (χ0v) is 13.7. The van der Waals surface area contributed by atoms with Gasteiger partial charge in [0.2, 0.25) is 0 Å². The van der Waals surface area contributed by atoms with E-state index >= 15 is 0 Å². The van der Waals surface area contributed by atoms with Gasteiger partial charge in [-0.05, 0) is 33.1 Å². The van der Waals surface area contributed by atoms with Gasteiger partial charge >= 0.3 is 0 Å². The fourth-order valence-electron chi connectivity index (χ4n) is 3.11. The molecule has 0 spiro atoms. The molecule has 3 nitrogen and oxygen atoms in total. The van der Waals surface area contributed by atoms with Crippen LogP contribution < -0.4 is 4.90 Å². The zero-order chi connectivity index (χ0) is 14.5. The molecule has 4 heteroatoms. The maximum atomic E-state index is 6.32. The molecule has 1 fully saturated rings. The van der Waals surface area contributed by atoms with Crippen LogP contribution in [0.2, 0.25) is 5.15 Å². The smallest absolute Gasteiger partial charge is 0.137 e. The van der Waals surface area contributed by atoms with Crippen LogP contribution in [0.25, 0.3) is 0 Å². The fraction of sp³-hybridized carbons (Fsp3) is 0.750. The fourth-order valence-corrected chi connectivity index (χ4v) is 3.29. The van der Waals surface area contributed by atoms with E-state index in [1.165, 1.54) is 32.1 Å². The summed E-state index contributed by atoms with van der Waals surface area (Å²) in [6, 6.07) is 0.618. The largest absolute Gasteiger partial charge is 0.354 e. The molecule has 1 heterocycles. The number of hydrogen-bond donors (Lipinski definition) is 0. The summed E-state index contributed by atoms with van der Waals surface area (Å²) in [5.41, 5.74) is 1.03. The lowest BCUT2D eigenvalue weighted by Gasteiger charge is -2.35. The lowest BCUT2D eigenvalue weighted by molar-refractivity contribution is 0.415. The highest BCUT2D eigenvalue weighted by Crippen LogP contribution is 2.30. The summed E-state index contributed by atoms with van der Waals surface area (Å²) in [6.07, 6.45) is 8.54. The lowest BCUT2D eigenvalue weighted by Crippen LogP contribution is -2.38. The van der Waals surface area contributed by atoms with Crippen molar-refractivity contribution in [2.75, 3.05) is 11.4 Å². The van der Waals surface area contributed by atoms with Crippen LogP contribution in [-0.2, 0) is 6.42 Å².